The van der Waals surface area contributed by atoms with E-state index in [1.165, 1.54) is 45.1 Å². The van der Waals surface area contributed by atoms with Crippen LogP contribution in [0.1, 0.15) is 52.4 Å². The van der Waals surface area contributed by atoms with E-state index in [-0.39, 0.29) is 0 Å². The number of hydrogen-bond donors (Lipinski definition) is 2. The molecule has 0 saturated heterocycles. The van der Waals surface area contributed by atoms with Gasteiger partial charge in [-0.25, -0.2) is 0 Å². The maximum absolute atomic E-state index is 5.60. The van der Waals surface area contributed by atoms with Gasteiger partial charge >= 0.3 is 0 Å². The molecule has 1 saturated carbocycles. The molecule has 15 heavy (non-hydrogen) atoms. The van der Waals surface area contributed by atoms with E-state index in [1.54, 1.807) is 0 Å². The lowest BCUT2D eigenvalue weighted by atomic mass is 9.83. The van der Waals surface area contributed by atoms with Crippen molar-refractivity contribution in [2.24, 2.45) is 17.1 Å². The summed E-state index contributed by atoms with van der Waals surface area (Å²) in [4.78, 5) is 0. The molecule has 1 unspecified atom stereocenters. The van der Waals surface area contributed by atoms with Gasteiger partial charge in [0, 0.05) is 6.54 Å². The number of rotatable bonds is 7. The second-order valence-corrected chi connectivity index (χ2v) is 5.37. The average Bonchev–Trinajstić information content (AvgIpc) is 2.73. The third-order valence-corrected chi connectivity index (χ3v) is 4.13. The summed E-state index contributed by atoms with van der Waals surface area (Å²) in [6.45, 7) is 7.75. The Bertz CT molecular complexity index is 162. The van der Waals surface area contributed by atoms with Crippen LogP contribution in [-0.4, -0.2) is 19.6 Å². The van der Waals surface area contributed by atoms with Gasteiger partial charge < -0.3 is 11.1 Å². The molecule has 0 aliphatic heterocycles. The molecule has 90 valence electrons. The third kappa shape index (κ3) is 4.12. The van der Waals surface area contributed by atoms with Gasteiger partial charge in [0.1, 0.15) is 0 Å². The Morgan fingerprint density at radius 3 is 2.53 bits per heavy atom. The van der Waals surface area contributed by atoms with E-state index in [1.807, 2.05) is 0 Å². The molecule has 1 aliphatic rings. The van der Waals surface area contributed by atoms with E-state index in [4.69, 9.17) is 5.73 Å². The summed E-state index contributed by atoms with van der Waals surface area (Å²) in [5.41, 5.74) is 6.23. The van der Waals surface area contributed by atoms with Crippen LogP contribution in [0.25, 0.3) is 0 Å². The van der Waals surface area contributed by atoms with Crippen molar-refractivity contribution in [1.29, 1.82) is 0 Å². The molecule has 0 amide bonds. The molecule has 3 N–H and O–H groups in total. The Hall–Kier alpha value is -0.0800. The van der Waals surface area contributed by atoms with Crippen molar-refractivity contribution in [1.82, 2.24) is 5.32 Å². The molecule has 1 aliphatic carbocycles. The van der Waals surface area contributed by atoms with Gasteiger partial charge in [-0.3, -0.25) is 0 Å². The molecule has 0 aromatic heterocycles. The lowest BCUT2D eigenvalue weighted by Gasteiger charge is -2.28. The predicted molar refractivity (Wildman–Crippen MR) is 66.9 cm³/mol. The quantitative estimate of drug-likeness (QED) is 0.636. The minimum Gasteiger partial charge on any atom is -0.330 e. The molecule has 0 heterocycles. The highest BCUT2D eigenvalue weighted by molar-refractivity contribution is 4.85. The number of nitrogens with two attached hydrogens (primary N) is 1. The monoisotopic (exact) mass is 212 g/mol. The van der Waals surface area contributed by atoms with Crippen molar-refractivity contribution in [2.45, 2.75) is 52.4 Å². The maximum Gasteiger partial charge on any atom is 0.000770 e. The minimum atomic E-state index is 0.631. The fraction of sp³-hybridized carbons (Fsp3) is 1.00. The van der Waals surface area contributed by atoms with Crippen LogP contribution in [0.2, 0.25) is 0 Å². The van der Waals surface area contributed by atoms with Crippen molar-refractivity contribution >= 4 is 0 Å². The molecule has 2 nitrogen and oxygen atoms in total. The molecule has 0 aromatic rings. The zero-order valence-corrected chi connectivity index (χ0v) is 10.5. The third-order valence-electron chi connectivity index (χ3n) is 4.13. The van der Waals surface area contributed by atoms with E-state index in [2.05, 4.69) is 19.2 Å². The van der Waals surface area contributed by atoms with Crippen LogP contribution < -0.4 is 11.1 Å². The van der Waals surface area contributed by atoms with E-state index < -0.39 is 0 Å². The van der Waals surface area contributed by atoms with Gasteiger partial charge in [0.2, 0.25) is 0 Å². The van der Waals surface area contributed by atoms with E-state index in [0.29, 0.717) is 11.3 Å². The summed E-state index contributed by atoms with van der Waals surface area (Å²) in [7, 11) is 0. The Morgan fingerprint density at radius 1 is 1.33 bits per heavy atom. The van der Waals surface area contributed by atoms with E-state index in [0.717, 1.165) is 13.1 Å². The van der Waals surface area contributed by atoms with Gasteiger partial charge in [-0.05, 0) is 50.1 Å². The Balaban J connectivity index is 2.12. The lowest BCUT2D eigenvalue weighted by molar-refractivity contribution is 0.266. The van der Waals surface area contributed by atoms with Gasteiger partial charge in [0.05, 0.1) is 0 Å². The van der Waals surface area contributed by atoms with Gasteiger partial charge in [0.15, 0.2) is 0 Å². The summed E-state index contributed by atoms with van der Waals surface area (Å²) in [5, 5.41) is 3.63. The van der Waals surface area contributed by atoms with Gasteiger partial charge in [-0.15, -0.1) is 0 Å². The Kier molecular flexibility index (Phi) is 5.62. The van der Waals surface area contributed by atoms with Gasteiger partial charge in [0.25, 0.3) is 0 Å². The second kappa shape index (κ2) is 6.49. The SMILES string of the molecule is CCC1(CNCCC(C)CN)CCCC1. The van der Waals surface area contributed by atoms with Crippen molar-refractivity contribution < 1.29 is 0 Å². The van der Waals surface area contributed by atoms with Gasteiger partial charge in [-0.2, -0.15) is 0 Å². The van der Waals surface area contributed by atoms with Crippen LogP contribution in [0, 0.1) is 11.3 Å². The molecule has 1 fully saturated rings. The van der Waals surface area contributed by atoms with Gasteiger partial charge in [-0.1, -0.05) is 26.7 Å². The molecule has 1 atom stereocenters. The first-order valence-corrected chi connectivity index (χ1v) is 6.63. The predicted octanol–water partition coefficient (Wildman–Crippen LogP) is 2.53. The summed E-state index contributed by atoms with van der Waals surface area (Å²) >= 11 is 0. The molecule has 1 rings (SSSR count). The number of nitrogens with one attached hydrogen (secondary N) is 1. The van der Waals surface area contributed by atoms with E-state index in [9.17, 15) is 0 Å². The molecule has 0 aromatic carbocycles. The zero-order valence-electron chi connectivity index (χ0n) is 10.5. The lowest BCUT2D eigenvalue weighted by Crippen LogP contribution is -2.33. The first kappa shape index (κ1) is 13.0. The van der Waals surface area contributed by atoms with Crippen LogP contribution in [0.4, 0.5) is 0 Å². The highest BCUT2D eigenvalue weighted by Gasteiger charge is 2.31. The first-order valence-electron chi connectivity index (χ1n) is 6.63. The zero-order chi connectivity index (χ0) is 11.1. The van der Waals surface area contributed by atoms with Crippen molar-refractivity contribution in [3.8, 4) is 0 Å². The molecule has 0 radical (unpaired) electrons. The van der Waals surface area contributed by atoms with Crippen LogP contribution in [0.5, 0.6) is 0 Å². The summed E-state index contributed by atoms with van der Waals surface area (Å²) in [6, 6.07) is 0. The minimum absolute atomic E-state index is 0.631. The molecule has 0 spiro atoms. The number of hydrogen-bond acceptors (Lipinski definition) is 2. The van der Waals surface area contributed by atoms with Crippen molar-refractivity contribution in [3.05, 3.63) is 0 Å². The van der Waals surface area contributed by atoms with Crippen molar-refractivity contribution in [2.75, 3.05) is 19.6 Å². The first-order chi connectivity index (χ1) is 7.22. The Morgan fingerprint density at radius 2 is 2.00 bits per heavy atom. The molecular formula is C13H28N2. The van der Waals surface area contributed by atoms with Crippen LogP contribution in [0.15, 0.2) is 0 Å². The topological polar surface area (TPSA) is 38.0 Å². The normalized spacial score (nSPS) is 21.8. The highest BCUT2D eigenvalue weighted by Crippen LogP contribution is 2.40. The average molecular weight is 212 g/mol. The smallest absolute Gasteiger partial charge is 0.000770 e. The fourth-order valence-corrected chi connectivity index (χ4v) is 2.60. The molecule has 2 heteroatoms. The summed E-state index contributed by atoms with van der Waals surface area (Å²) in [6.07, 6.45) is 8.30. The fourth-order valence-electron chi connectivity index (χ4n) is 2.60. The maximum atomic E-state index is 5.60. The molecule has 0 bridgehead atoms. The summed E-state index contributed by atoms with van der Waals surface area (Å²) in [5.74, 6) is 0.665. The second-order valence-electron chi connectivity index (χ2n) is 5.37. The van der Waals surface area contributed by atoms with Crippen molar-refractivity contribution in [3.63, 3.8) is 0 Å². The summed E-state index contributed by atoms with van der Waals surface area (Å²) < 4.78 is 0. The Labute approximate surface area is 95.0 Å². The standard InChI is InChI=1S/C13H28N2/c1-3-13(7-4-5-8-13)11-15-9-6-12(2)10-14/h12,15H,3-11,14H2,1-2H3. The highest BCUT2D eigenvalue weighted by atomic mass is 14.9. The van der Waals surface area contributed by atoms with Crippen LogP contribution in [-0.2, 0) is 0 Å². The molecular weight excluding hydrogens is 184 g/mol. The largest absolute Gasteiger partial charge is 0.330 e. The van der Waals surface area contributed by atoms with Crippen LogP contribution in [0.3, 0.4) is 0 Å². The van der Waals surface area contributed by atoms with Crippen LogP contribution >= 0.6 is 0 Å². The van der Waals surface area contributed by atoms with E-state index >= 15 is 0 Å².